The fourth-order valence-electron chi connectivity index (χ4n) is 3.29. The monoisotopic (exact) mass is 238 g/mol. The summed E-state index contributed by atoms with van der Waals surface area (Å²) in [7, 11) is 0. The van der Waals surface area contributed by atoms with Crippen LogP contribution in [0.5, 0.6) is 0 Å². The van der Waals surface area contributed by atoms with Crippen LogP contribution in [0.1, 0.15) is 51.9 Å². The Bertz CT molecular complexity index is 261. The molecular formula is C14H26N2O. The van der Waals surface area contributed by atoms with Gasteiger partial charge in [-0.1, -0.05) is 32.6 Å². The van der Waals surface area contributed by atoms with Gasteiger partial charge in [-0.2, -0.15) is 0 Å². The van der Waals surface area contributed by atoms with Crippen LogP contribution in [0.25, 0.3) is 0 Å². The van der Waals surface area contributed by atoms with Gasteiger partial charge in [-0.05, 0) is 25.2 Å². The lowest BCUT2D eigenvalue weighted by Crippen LogP contribution is -2.50. The van der Waals surface area contributed by atoms with Gasteiger partial charge in [0.2, 0.25) is 5.91 Å². The molecule has 3 heteroatoms. The van der Waals surface area contributed by atoms with Gasteiger partial charge in [0.25, 0.3) is 0 Å². The summed E-state index contributed by atoms with van der Waals surface area (Å²) in [5.41, 5.74) is 6.09. The second-order valence-electron chi connectivity index (χ2n) is 5.74. The van der Waals surface area contributed by atoms with E-state index in [9.17, 15) is 4.79 Å². The zero-order valence-electron chi connectivity index (χ0n) is 11.0. The van der Waals surface area contributed by atoms with Crippen LogP contribution in [0.15, 0.2) is 0 Å². The van der Waals surface area contributed by atoms with Crippen molar-refractivity contribution in [3.05, 3.63) is 0 Å². The van der Waals surface area contributed by atoms with E-state index in [-0.39, 0.29) is 0 Å². The van der Waals surface area contributed by atoms with Crippen molar-refractivity contribution in [1.29, 1.82) is 0 Å². The molecular weight excluding hydrogens is 212 g/mol. The lowest BCUT2D eigenvalue weighted by molar-refractivity contribution is -0.138. The zero-order valence-corrected chi connectivity index (χ0v) is 11.0. The smallest absolute Gasteiger partial charge is 0.225 e. The molecule has 1 aliphatic carbocycles. The van der Waals surface area contributed by atoms with Gasteiger partial charge >= 0.3 is 0 Å². The van der Waals surface area contributed by atoms with Gasteiger partial charge < -0.3 is 10.6 Å². The second kappa shape index (κ2) is 5.85. The third kappa shape index (κ3) is 3.01. The van der Waals surface area contributed by atoms with Crippen molar-refractivity contribution in [2.24, 2.45) is 17.6 Å². The molecule has 0 radical (unpaired) electrons. The van der Waals surface area contributed by atoms with Crippen molar-refractivity contribution in [2.75, 3.05) is 13.1 Å². The summed E-state index contributed by atoms with van der Waals surface area (Å²) in [5, 5.41) is 0. The van der Waals surface area contributed by atoms with E-state index in [1.807, 2.05) is 0 Å². The Morgan fingerprint density at radius 3 is 2.59 bits per heavy atom. The van der Waals surface area contributed by atoms with Crippen LogP contribution in [0.4, 0.5) is 0 Å². The Balaban J connectivity index is 1.90. The molecule has 0 aromatic carbocycles. The average molecular weight is 238 g/mol. The molecule has 3 nitrogen and oxygen atoms in total. The van der Waals surface area contributed by atoms with E-state index in [0.29, 0.717) is 23.8 Å². The van der Waals surface area contributed by atoms with Gasteiger partial charge in [0.15, 0.2) is 0 Å². The maximum Gasteiger partial charge on any atom is 0.225 e. The van der Waals surface area contributed by atoms with Crippen molar-refractivity contribution in [2.45, 2.75) is 57.9 Å². The molecule has 1 aliphatic heterocycles. The lowest BCUT2D eigenvalue weighted by Gasteiger charge is -2.38. The topological polar surface area (TPSA) is 46.3 Å². The molecule has 2 rings (SSSR count). The number of hydrogen-bond donors (Lipinski definition) is 1. The van der Waals surface area contributed by atoms with E-state index in [1.165, 1.54) is 19.3 Å². The van der Waals surface area contributed by atoms with Crippen molar-refractivity contribution in [3.8, 4) is 0 Å². The average Bonchev–Trinajstić information content (AvgIpc) is 2.39. The predicted octanol–water partition coefficient (Wildman–Crippen LogP) is 2.15. The van der Waals surface area contributed by atoms with Gasteiger partial charge in [0.05, 0.1) is 0 Å². The number of hydrogen-bond acceptors (Lipinski definition) is 2. The standard InChI is InChI=1S/C14H26N2O/c1-2-11-10-16(9-8-13(11)15)14(17)12-6-4-3-5-7-12/h11-13H,2-10,15H2,1H3. The van der Waals surface area contributed by atoms with Gasteiger partial charge in [-0.15, -0.1) is 0 Å². The normalized spacial score (nSPS) is 31.5. The third-order valence-electron chi connectivity index (χ3n) is 4.58. The van der Waals surface area contributed by atoms with Crippen LogP contribution in [-0.2, 0) is 4.79 Å². The summed E-state index contributed by atoms with van der Waals surface area (Å²) >= 11 is 0. The lowest BCUT2D eigenvalue weighted by atomic mass is 9.86. The van der Waals surface area contributed by atoms with Crippen LogP contribution in [-0.4, -0.2) is 29.9 Å². The number of nitrogens with two attached hydrogens (primary N) is 1. The minimum Gasteiger partial charge on any atom is -0.342 e. The van der Waals surface area contributed by atoms with Gasteiger partial charge in [0.1, 0.15) is 0 Å². The van der Waals surface area contributed by atoms with Crippen LogP contribution < -0.4 is 5.73 Å². The van der Waals surface area contributed by atoms with Gasteiger partial charge in [-0.3, -0.25) is 4.79 Å². The summed E-state index contributed by atoms with van der Waals surface area (Å²) in [6.07, 6.45) is 8.08. The van der Waals surface area contributed by atoms with Gasteiger partial charge in [0, 0.05) is 25.0 Å². The van der Waals surface area contributed by atoms with Crippen LogP contribution in [0.3, 0.4) is 0 Å². The van der Waals surface area contributed by atoms with Crippen LogP contribution in [0, 0.1) is 11.8 Å². The third-order valence-corrected chi connectivity index (χ3v) is 4.58. The summed E-state index contributed by atoms with van der Waals surface area (Å²) in [6, 6.07) is 0.301. The van der Waals surface area contributed by atoms with E-state index in [1.54, 1.807) is 0 Å². The van der Waals surface area contributed by atoms with E-state index in [0.717, 1.165) is 38.8 Å². The maximum atomic E-state index is 12.4. The van der Waals surface area contributed by atoms with Crippen molar-refractivity contribution >= 4 is 5.91 Å². The molecule has 1 saturated carbocycles. The van der Waals surface area contributed by atoms with Crippen molar-refractivity contribution in [1.82, 2.24) is 4.90 Å². The van der Waals surface area contributed by atoms with E-state index >= 15 is 0 Å². The number of rotatable bonds is 2. The number of likely N-dealkylation sites (tertiary alicyclic amines) is 1. The molecule has 2 fully saturated rings. The molecule has 1 amide bonds. The summed E-state index contributed by atoms with van der Waals surface area (Å²) in [4.78, 5) is 14.5. The Kier molecular flexibility index (Phi) is 4.43. The minimum atomic E-state index is 0.301. The summed E-state index contributed by atoms with van der Waals surface area (Å²) in [6.45, 7) is 3.96. The van der Waals surface area contributed by atoms with Crippen molar-refractivity contribution < 1.29 is 4.79 Å². The molecule has 17 heavy (non-hydrogen) atoms. The number of carbonyl (C=O) groups excluding carboxylic acids is 1. The summed E-state index contributed by atoms with van der Waals surface area (Å²) in [5.74, 6) is 1.24. The molecule has 0 spiro atoms. The first-order valence-corrected chi connectivity index (χ1v) is 7.26. The highest BCUT2D eigenvalue weighted by atomic mass is 16.2. The molecule has 98 valence electrons. The molecule has 0 bridgehead atoms. The highest BCUT2D eigenvalue weighted by Gasteiger charge is 2.31. The van der Waals surface area contributed by atoms with Gasteiger partial charge in [-0.25, -0.2) is 0 Å². The maximum absolute atomic E-state index is 12.4. The van der Waals surface area contributed by atoms with E-state index in [2.05, 4.69) is 11.8 Å². The first kappa shape index (κ1) is 12.9. The molecule has 2 N–H and O–H groups in total. The van der Waals surface area contributed by atoms with Crippen molar-refractivity contribution in [3.63, 3.8) is 0 Å². The second-order valence-corrected chi connectivity index (χ2v) is 5.74. The number of piperidine rings is 1. The minimum absolute atomic E-state index is 0.301. The zero-order chi connectivity index (χ0) is 12.3. The number of amides is 1. The fourth-order valence-corrected chi connectivity index (χ4v) is 3.29. The largest absolute Gasteiger partial charge is 0.342 e. The quantitative estimate of drug-likeness (QED) is 0.801. The highest BCUT2D eigenvalue weighted by Crippen LogP contribution is 2.27. The molecule has 0 aromatic rings. The van der Waals surface area contributed by atoms with E-state index < -0.39 is 0 Å². The SMILES string of the molecule is CCC1CN(C(=O)C2CCCCC2)CCC1N. The Labute approximate surface area is 105 Å². The Hall–Kier alpha value is -0.570. The molecule has 2 unspecified atom stereocenters. The molecule has 1 heterocycles. The molecule has 2 aliphatic rings. The number of carbonyl (C=O) groups is 1. The number of nitrogens with zero attached hydrogens (tertiary/aromatic N) is 1. The summed E-state index contributed by atoms with van der Waals surface area (Å²) < 4.78 is 0. The molecule has 0 aromatic heterocycles. The Morgan fingerprint density at radius 2 is 1.94 bits per heavy atom. The highest BCUT2D eigenvalue weighted by molar-refractivity contribution is 5.79. The van der Waals surface area contributed by atoms with Crippen LogP contribution >= 0.6 is 0 Å². The fraction of sp³-hybridized carbons (Fsp3) is 0.929. The first-order valence-electron chi connectivity index (χ1n) is 7.26. The predicted molar refractivity (Wildman–Crippen MR) is 69.5 cm³/mol. The molecule has 2 atom stereocenters. The molecule has 1 saturated heterocycles. The van der Waals surface area contributed by atoms with Crippen LogP contribution in [0.2, 0.25) is 0 Å². The Morgan fingerprint density at radius 1 is 1.24 bits per heavy atom. The van der Waals surface area contributed by atoms with E-state index in [4.69, 9.17) is 5.73 Å². The first-order chi connectivity index (χ1) is 8.22.